The Morgan fingerprint density at radius 1 is 1.55 bits per heavy atom. The monoisotopic (exact) mass is 342 g/mol. The summed E-state index contributed by atoms with van der Waals surface area (Å²) in [6.45, 7) is 1.55. The second kappa shape index (κ2) is 6.55. The molecule has 0 unspecified atom stereocenters. The van der Waals surface area contributed by atoms with Crippen molar-refractivity contribution in [3.8, 4) is 11.8 Å². The molecule has 1 fully saturated rings. The van der Waals surface area contributed by atoms with Crippen molar-refractivity contribution in [2.24, 2.45) is 0 Å². The predicted molar refractivity (Wildman–Crippen MR) is 81.5 cm³/mol. The molecule has 6 nitrogen and oxygen atoms in total. The fourth-order valence-electron chi connectivity index (χ4n) is 2.14. The molecule has 1 aliphatic heterocycles. The van der Waals surface area contributed by atoms with Gasteiger partial charge in [-0.2, -0.15) is 5.26 Å². The number of nitrogens with one attached hydrogen (secondary N) is 1. The maximum atomic E-state index is 12.0. The van der Waals surface area contributed by atoms with Crippen molar-refractivity contribution in [3.05, 3.63) is 28.8 Å². The first-order valence-corrected chi connectivity index (χ1v) is 8.88. The molecule has 118 valence electrons. The van der Waals surface area contributed by atoms with Crippen molar-refractivity contribution in [1.82, 2.24) is 5.32 Å². The fraction of sp³-hybridized carbons (Fsp3) is 0.429. The number of hydrogen-bond donors (Lipinski definition) is 1. The van der Waals surface area contributed by atoms with E-state index in [4.69, 9.17) is 21.6 Å². The van der Waals surface area contributed by atoms with Crippen molar-refractivity contribution < 1.29 is 17.9 Å². The van der Waals surface area contributed by atoms with E-state index < -0.39 is 21.8 Å². The van der Waals surface area contributed by atoms with E-state index in [-0.39, 0.29) is 22.6 Å². The van der Waals surface area contributed by atoms with E-state index in [9.17, 15) is 13.2 Å². The minimum Gasteiger partial charge on any atom is -0.479 e. The maximum absolute atomic E-state index is 12.0. The summed E-state index contributed by atoms with van der Waals surface area (Å²) in [5.41, 5.74) is 0.394. The molecule has 1 amide bonds. The van der Waals surface area contributed by atoms with Crippen LogP contribution in [0.2, 0.25) is 5.02 Å². The highest BCUT2D eigenvalue weighted by molar-refractivity contribution is 7.91. The average molecular weight is 343 g/mol. The number of sulfone groups is 1. The molecule has 1 heterocycles. The Balaban J connectivity index is 1.96. The molecule has 0 aliphatic carbocycles. The van der Waals surface area contributed by atoms with Crippen LogP contribution in [0.1, 0.15) is 18.9 Å². The highest BCUT2D eigenvalue weighted by Gasteiger charge is 2.30. The largest absolute Gasteiger partial charge is 0.479 e. The SMILES string of the molecule is C[C@H](Oc1ccc(C#N)cc1Cl)C(=O)N[C@@H]1CCS(=O)(=O)C1. The molecule has 1 saturated heterocycles. The van der Waals surface area contributed by atoms with Crippen LogP contribution in [0.3, 0.4) is 0 Å². The number of halogens is 1. The van der Waals surface area contributed by atoms with Crippen molar-refractivity contribution in [2.45, 2.75) is 25.5 Å². The van der Waals surface area contributed by atoms with Crippen molar-refractivity contribution in [1.29, 1.82) is 5.26 Å². The van der Waals surface area contributed by atoms with Crippen LogP contribution < -0.4 is 10.1 Å². The number of amides is 1. The van der Waals surface area contributed by atoms with Gasteiger partial charge in [-0.3, -0.25) is 4.79 Å². The summed E-state index contributed by atoms with van der Waals surface area (Å²) in [7, 11) is -3.05. The van der Waals surface area contributed by atoms with Crippen LogP contribution in [-0.4, -0.2) is 38.0 Å². The number of benzene rings is 1. The molecule has 0 saturated carbocycles. The van der Waals surface area contributed by atoms with Crippen LogP contribution >= 0.6 is 11.6 Å². The predicted octanol–water partition coefficient (Wildman–Crippen LogP) is 1.28. The van der Waals surface area contributed by atoms with Crippen molar-refractivity contribution in [2.75, 3.05) is 11.5 Å². The molecule has 0 radical (unpaired) electrons. The number of carbonyl (C=O) groups is 1. The third-order valence-electron chi connectivity index (χ3n) is 3.31. The summed E-state index contributed by atoms with van der Waals surface area (Å²) >= 11 is 5.98. The minimum atomic E-state index is -3.05. The maximum Gasteiger partial charge on any atom is 0.261 e. The first-order chi connectivity index (χ1) is 10.3. The molecule has 2 atom stereocenters. The molecule has 0 spiro atoms. The Morgan fingerprint density at radius 2 is 2.27 bits per heavy atom. The summed E-state index contributed by atoms with van der Waals surface area (Å²) in [5, 5.41) is 11.7. The average Bonchev–Trinajstić information content (AvgIpc) is 2.79. The molecule has 1 N–H and O–H groups in total. The molecular formula is C14H15ClN2O4S. The highest BCUT2D eigenvalue weighted by atomic mass is 35.5. The normalized spacial score (nSPS) is 20.9. The second-order valence-electron chi connectivity index (χ2n) is 5.13. The molecule has 1 aromatic rings. The van der Waals surface area contributed by atoms with Gasteiger partial charge in [0.2, 0.25) is 0 Å². The summed E-state index contributed by atoms with van der Waals surface area (Å²) in [6.07, 6.45) is -0.410. The van der Waals surface area contributed by atoms with E-state index in [2.05, 4.69) is 5.32 Å². The van der Waals surface area contributed by atoms with E-state index >= 15 is 0 Å². The molecule has 1 aromatic carbocycles. The van der Waals surface area contributed by atoms with Crippen LogP contribution in [0.25, 0.3) is 0 Å². The van der Waals surface area contributed by atoms with Gasteiger partial charge in [-0.1, -0.05) is 11.6 Å². The third-order valence-corrected chi connectivity index (χ3v) is 5.38. The molecule has 1 aliphatic rings. The lowest BCUT2D eigenvalue weighted by Crippen LogP contribution is -2.43. The van der Waals surface area contributed by atoms with Crippen LogP contribution in [0, 0.1) is 11.3 Å². The van der Waals surface area contributed by atoms with E-state index in [0.717, 1.165) is 0 Å². The zero-order chi connectivity index (χ0) is 16.3. The van der Waals surface area contributed by atoms with E-state index in [1.807, 2.05) is 6.07 Å². The van der Waals surface area contributed by atoms with Gasteiger partial charge in [-0.25, -0.2) is 8.42 Å². The number of nitriles is 1. The number of carbonyl (C=O) groups excluding carboxylic acids is 1. The zero-order valence-corrected chi connectivity index (χ0v) is 13.4. The Labute approximate surface area is 133 Å². The van der Waals surface area contributed by atoms with Crippen LogP contribution in [0.4, 0.5) is 0 Å². The van der Waals surface area contributed by atoms with Gasteiger partial charge >= 0.3 is 0 Å². The van der Waals surface area contributed by atoms with Gasteiger partial charge in [-0.05, 0) is 31.5 Å². The standard InChI is InChI=1S/C14H15ClN2O4S/c1-9(14(18)17-11-4-5-22(19,20)8-11)21-13-3-2-10(7-16)6-12(13)15/h2-3,6,9,11H,4-5,8H2,1H3,(H,17,18)/t9-,11+/m0/s1. The molecule has 22 heavy (non-hydrogen) atoms. The van der Waals surface area contributed by atoms with Gasteiger partial charge in [0.15, 0.2) is 15.9 Å². The number of rotatable bonds is 4. The Hall–Kier alpha value is -1.78. The third kappa shape index (κ3) is 4.12. The first kappa shape index (κ1) is 16.6. The van der Waals surface area contributed by atoms with E-state index in [1.165, 1.54) is 18.2 Å². The van der Waals surface area contributed by atoms with Gasteiger partial charge < -0.3 is 10.1 Å². The summed E-state index contributed by atoms with van der Waals surface area (Å²) in [6, 6.07) is 6.08. The molecule has 0 aromatic heterocycles. The molecule has 0 bridgehead atoms. The van der Waals surface area contributed by atoms with E-state index in [1.54, 1.807) is 6.92 Å². The smallest absolute Gasteiger partial charge is 0.261 e. The Kier molecular flexibility index (Phi) is 4.94. The van der Waals surface area contributed by atoms with Crippen molar-refractivity contribution in [3.63, 3.8) is 0 Å². The quantitative estimate of drug-likeness (QED) is 0.889. The molecule has 2 rings (SSSR count). The first-order valence-electron chi connectivity index (χ1n) is 6.68. The van der Waals surface area contributed by atoms with Gasteiger partial charge in [-0.15, -0.1) is 0 Å². The molecular weight excluding hydrogens is 328 g/mol. The number of ether oxygens (including phenoxy) is 1. The summed E-state index contributed by atoms with van der Waals surface area (Å²) < 4.78 is 28.2. The van der Waals surface area contributed by atoms with Crippen LogP contribution in [-0.2, 0) is 14.6 Å². The van der Waals surface area contributed by atoms with Crippen molar-refractivity contribution >= 4 is 27.3 Å². The minimum absolute atomic E-state index is 0.0386. The van der Waals surface area contributed by atoms with Gasteiger partial charge in [0.1, 0.15) is 5.75 Å². The summed E-state index contributed by atoms with van der Waals surface area (Å²) in [5.74, 6) is -0.0533. The highest BCUT2D eigenvalue weighted by Crippen LogP contribution is 2.26. The second-order valence-corrected chi connectivity index (χ2v) is 7.76. The van der Waals surface area contributed by atoms with Crippen LogP contribution in [0.15, 0.2) is 18.2 Å². The number of hydrogen-bond acceptors (Lipinski definition) is 5. The summed E-state index contributed by atoms with van der Waals surface area (Å²) in [4.78, 5) is 12.0. The lowest BCUT2D eigenvalue weighted by Gasteiger charge is -2.18. The lowest BCUT2D eigenvalue weighted by atomic mass is 10.2. The number of nitrogens with zero attached hydrogens (tertiary/aromatic N) is 1. The fourth-order valence-corrected chi connectivity index (χ4v) is 4.04. The van der Waals surface area contributed by atoms with Gasteiger partial charge in [0.05, 0.1) is 28.2 Å². The lowest BCUT2D eigenvalue weighted by molar-refractivity contribution is -0.127. The van der Waals surface area contributed by atoms with Crippen LogP contribution in [0.5, 0.6) is 5.75 Å². The Bertz CT molecular complexity index is 727. The van der Waals surface area contributed by atoms with Gasteiger partial charge in [0, 0.05) is 6.04 Å². The molecule has 8 heteroatoms. The van der Waals surface area contributed by atoms with E-state index in [0.29, 0.717) is 17.7 Å². The topological polar surface area (TPSA) is 96.3 Å². The zero-order valence-electron chi connectivity index (χ0n) is 11.9. The Morgan fingerprint density at radius 3 is 2.82 bits per heavy atom. The van der Waals surface area contributed by atoms with Gasteiger partial charge in [0.25, 0.3) is 5.91 Å².